The highest BCUT2D eigenvalue weighted by atomic mass is 16.1. The van der Waals surface area contributed by atoms with E-state index in [1.807, 2.05) is 0 Å². The summed E-state index contributed by atoms with van der Waals surface area (Å²) in [5, 5.41) is 3.16. The maximum atomic E-state index is 11.9. The Kier molecular flexibility index (Phi) is 6.24. The summed E-state index contributed by atoms with van der Waals surface area (Å²) in [7, 11) is 0. The summed E-state index contributed by atoms with van der Waals surface area (Å²) in [5.74, 6) is 0.139. The Morgan fingerprint density at radius 2 is 1.76 bits per heavy atom. The predicted octanol–water partition coefficient (Wildman–Crippen LogP) is 3.13. The smallest absolute Gasteiger partial charge is 0.220 e. The maximum absolute atomic E-state index is 11.9. The van der Waals surface area contributed by atoms with Crippen LogP contribution in [0.3, 0.4) is 0 Å². The summed E-state index contributed by atoms with van der Waals surface area (Å²) in [6, 6.07) is 10.7. The van der Waals surface area contributed by atoms with Gasteiger partial charge in [0.1, 0.15) is 0 Å². The van der Waals surface area contributed by atoms with Crippen molar-refractivity contribution in [3.63, 3.8) is 0 Å². The van der Waals surface area contributed by atoms with E-state index in [4.69, 9.17) is 5.73 Å². The molecule has 1 amide bonds. The van der Waals surface area contributed by atoms with Crippen LogP contribution in [0.15, 0.2) is 30.3 Å². The Morgan fingerprint density at radius 1 is 1.10 bits per heavy atom. The first-order valence-corrected chi connectivity index (χ1v) is 8.29. The highest BCUT2D eigenvalue weighted by molar-refractivity contribution is 5.76. The number of benzene rings is 1. The monoisotopic (exact) mass is 288 g/mol. The fourth-order valence-corrected chi connectivity index (χ4v) is 3.38. The van der Waals surface area contributed by atoms with Crippen LogP contribution >= 0.6 is 0 Å². The Balaban J connectivity index is 2.07. The van der Waals surface area contributed by atoms with Crippen LogP contribution < -0.4 is 11.1 Å². The van der Waals surface area contributed by atoms with Crippen molar-refractivity contribution in [1.82, 2.24) is 5.32 Å². The molecule has 0 spiro atoms. The lowest BCUT2D eigenvalue weighted by atomic mass is 9.74. The van der Waals surface area contributed by atoms with Crippen LogP contribution in [0.5, 0.6) is 0 Å². The summed E-state index contributed by atoms with van der Waals surface area (Å²) >= 11 is 0. The van der Waals surface area contributed by atoms with Crippen LogP contribution in [-0.4, -0.2) is 19.0 Å². The molecule has 3 nitrogen and oxygen atoms in total. The van der Waals surface area contributed by atoms with Gasteiger partial charge in [-0.05, 0) is 31.4 Å². The third-order valence-electron chi connectivity index (χ3n) is 4.68. The van der Waals surface area contributed by atoms with Crippen molar-refractivity contribution in [2.75, 3.05) is 13.1 Å². The van der Waals surface area contributed by atoms with E-state index in [0.717, 1.165) is 13.0 Å². The molecular formula is C18H28N2O. The molecule has 3 N–H and O–H groups in total. The van der Waals surface area contributed by atoms with E-state index in [1.54, 1.807) is 0 Å². The van der Waals surface area contributed by atoms with Gasteiger partial charge < -0.3 is 11.1 Å². The van der Waals surface area contributed by atoms with Crippen molar-refractivity contribution in [3.05, 3.63) is 35.9 Å². The second-order valence-electron chi connectivity index (χ2n) is 6.23. The van der Waals surface area contributed by atoms with Crippen LogP contribution in [0.2, 0.25) is 0 Å². The lowest BCUT2D eigenvalue weighted by Gasteiger charge is -2.34. The fraction of sp³-hybridized carbons (Fsp3) is 0.611. The highest BCUT2D eigenvalue weighted by Crippen LogP contribution is 2.37. The van der Waals surface area contributed by atoms with Gasteiger partial charge in [-0.3, -0.25) is 4.79 Å². The Morgan fingerprint density at radius 3 is 2.38 bits per heavy atom. The van der Waals surface area contributed by atoms with Gasteiger partial charge in [0, 0.05) is 18.4 Å². The van der Waals surface area contributed by atoms with Crippen molar-refractivity contribution in [3.8, 4) is 0 Å². The van der Waals surface area contributed by atoms with Crippen molar-refractivity contribution in [1.29, 1.82) is 0 Å². The number of carbonyl (C=O) groups excluding carboxylic acids is 1. The van der Waals surface area contributed by atoms with E-state index in [0.29, 0.717) is 13.0 Å². The van der Waals surface area contributed by atoms with Crippen molar-refractivity contribution in [2.24, 2.45) is 5.73 Å². The second-order valence-corrected chi connectivity index (χ2v) is 6.23. The topological polar surface area (TPSA) is 55.1 Å². The quantitative estimate of drug-likeness (QED) is 0.790. The van der Waals surface area contributed by atoms with Crippen LogP contribution in [0.25, 0.3) is 0 Å². The molecule has 1 fully saturated rings. The second kappa shape index (κ2) is 8.18. The minimum Gasteiger partial charge on any atom is -0.355 e. The molecule has 1 aromatic rings. The zero-order chi connectivity index (χ0) is 15.0. The summed E-state index contributed by atoms with van der Waals surface area (Å²) < 4.78 is 0. The van der Waals surface area contributed by atoms with E-state index in [-0.39, 0.29) is 11.3 Å². The molecular weight excluding hydrogens is 260 g/mol. The molecule has 1 saturated carbocycles. The third kappa shape index (κ3) is 4.57. The largest absolute Gasteiger partial charge is 0.355 e. The maximum Gasteiger partial charge on any atom is 0.220 e. The normalized spacial score (nSPS) is 18.0. The molecule has 1 aliphatic rings. The number of carbonyl (C=O) groups is 1. The number of hydrogen-bond acceptors (Lipinski definition) is 2. The van der Waals surface area contributed by atoms with Gasteiger partial charge in [-0.2, -0.15) is 0 Å². The van der Waals surface area contributed by atoms with Gasteiger partial charge in [0.05, 0.1) is 0 Å². The van der Waals surface area contributed by atoms with Crippen molar-refractivity contribution >= 4 is 5.91 Å². The van der Waals surface area contributed by atoms with Crippen LogP contribution in [0, 0.1) is 0 Å². The average Bonchev–Trinajstić information content (AvgIpc) is 2.78. The number of rotatable bonds is 6. The van der Waals surface area contributed by atoms with Crippen molar-refractivity contribution < 1.29 is 4.79 Å². The first kappa shape index (κ1) is 16.0. The molecule has 2 rings (SSSR count). The number of nitrogens with one attached hydrogen (secondary N) is 1. The van der Waals surface area contributed by atoms with E-state index < -0.39 is 0 Å². The van der Waals surface area contributed by atoms with E-state index in [2.05, 4.69) is 35.6 Å². The van der Waals surface area contributed by atoms with Crippen LogP contribution in [-0.2, 0) is 10.2 Å². The lowest BCUT2D eigenvalue weighted by molar-refractivity contribution is -0.121. The predicted molar refractivity (Wildman–Crippen MR) is 87.1 cm³/mol. The average molecular weight is 288 g/mol. The Labute approximate surface area is 128 Å². The molecule has 0 heterocycles. The Bertz CT molecular complexity index is 422. The molecule has 1 aromatic carbocycles. The molecule has 1 aliphatic carbocycles. The summed E-state index contributed by atoms with van der Waals surface area (Å²) in [6.07, 6.45) is 8.81. The molecule has 0 unspecified atom stereocenters. The number of nitrogens with two attached hydrogens (primary N) is 1. The van der Waals surface area contributed by atoms with Crippen LogP contribution in [0.4, 0.5) is 0 Å². The third-order valence-corrected chi connectivity index (χ3v) is 4.68. The van der Waals surface area contributed by atoms with Crippen LogP contribution in [0.1, 0.15) is 56.9 Å². The molecule has 0 aliphatic heterocycles. The fourth-order valence-electron chi connectivity index (χ4n) is 3.38. The number of hydrogen-bond donors (Lipinski definition) is 2. The van der Waals surface area contributed by atoms with Gasteiger partial charge in [0.25, 0.3) is 0 Å². The molecule has 0 aromatic heterocycles. The SMILES string of the molecule is NCCCC(=O)NCC1(c2ccccc2)CCCCCC1. The standard InChI is InChI=1S/C18H28N2O/c19-14-8-11-17(21)20-15-18(12-6-1-2-7-13-18)16-9-4-3-5-10-16/h3-5,9-10H,1-2,6-8,11-15,19H2,(H,20,21). The first-order chi connectivity index (χ1) is 10.3. The molecule has 0 saturated heterocycles. The zero-order valence-corrected chi connectivity index (χ0v) is 12.9. The van der Waals surface area contributed by atoms with E-state index in [1.165, 1.54) is 44.1 Å². The van der Waals surface area contributed by atoms with Gasteiger partial charge in [0.2, 0.25) is 5.91 Å². The summed E-state index contributed by atoms with van der Waals surface area (Å²) in [6.45, 7) is 1.34. The Hall–Kier alpha value is -1.35. The molecule has 0 radical (unpaired) electrons. The van der Waals surface area contributed by atoms with E-state index in [9.17, 15) is 4.79 Å². The lowest BCUT2D eigenvalue weighted by Crippen LogP contribution is -2.40. The van der Waals surface area contributed by atoms with Crippen molar-refractivity contribution in [2.45, 2.75) is 56.8 Å². The molecule has 116 valence electrons. The molecule has 0 bridgehead atoms. The van der Waals surface area contributed by atoms with Gasteiger partial charge in [-0.15, -0.1) is 0 Å². The molecule has 0 atom stereocenters. The van der Waals surface area contributed by atoms with E-state index >= 15 is 0 Å². The minimum atomic E-state index is 0.121. The molecule has 3 heteroatoms. The minimum absolute atomic E-state index is 0.121. The van der Waals surface area contributed by atoms with Gasteiger partial charge in [-0.1, -0.05) is 56.0 Å². The highest BCUT2D eigenvalue weighted by Gasteiger charge is 2.32. The van der Waals surface area contributed by atoms with Gasteiger partial charge in [0.15, 0.2) is 0 Å². The molecule has 21 heavy (non-hydrogen) atoms. The van der Waals surface area contributed by atoms with Gasteiger partial charge >= 0.3 is 0 Å². The first-order valence-electron chi connectivity index (χ1n) is 8.29. The van der Waals surface area contributed by atoms with Gasteiger partial charge in [-0.25, -0.2) is 0 Å². The zero-order valence-electron chi connectivity index (χ0n) is 12.9. The number of amides is 1. The summed E-state index contributed by atoms with van der Waals surface area (Å²) in [5.41, 5.74) is 6.98. The summed E-state index contributed by atoms with van der Waals surface area (Å²) in [4.78, 5) is 11.9.